The van der Waals surface area contributed by atoms with E-state index in [1.807, 2.05) is 12.1 Å². The molecule has 0 aliphatic heterocycles. The van der Waals surface area contributed by atoms with Crippen molar-refractivity contribution in [3.63, 3.8) is 0 Å². The van der Waals surface area contributed by atoms with Gasteiger partial charge in [0.1, 0.15) is 0 Å². The van der Waals surface area contributed by atoms with Crippen LogP contribution in [0.5, 0.6) is 0 Å². The van der Waals surface area contributed by atoms with Crippen molar-refractivity contribution < 1.29 is 0 Å². The molecule has 0 saturated heterocycles. The molecule has 2 heteroatoms. The Bertz CT molecular complexity index is 541. The highest BCUT2D eigenvalue weighted by atomic mass is 15.1. The Labute approximate surface area is 128 Å². The highest BCUT2D eigenvalue weighted by Crippen LogP contribution is 2.19. The van der Waals surface area contributed by atoms with Gasteiger partial charge in [0.05, 0.1) is 0 Å². The molecule has 0 unspecified atom stereocenters. The molecule has 0 aromatic heterocycles. The smallest absolute Gasteiger partial charge is 0.0429 e. The van der Waals surface area contributed by atoms with Gasteiger partial charge in [-0.2, -0.15) is 0 Å². The Balaban J connectivity index is 2.08. The number of benzene rings is 2. The van der Waals surface area contributed by atoms with Crippen LogP contribution in [0.15, 0.2) is 48.5 Å². The SMILES string of the molecule is CCN(Cc1ccc(N)cc1)c1ccc(CC(C)C)cc1. The van der Waals surface area contributed by atoms with Gasteiger partial charge >= 0.3 is 0 Å². The van der Waals surface area contributed by atoms with E-state index in [9.17, 15) is 0 Å². The molecule has 0 saturated carbocycles. The maximum atomic E-state index is 5.74. The van der Waals surface area contributed by atoms with Crippen molar-refractivity contribution in [1.29, 1.82) is 0 Å². The molecular weight excluding hydrogens is 256 g/mol. The molecule has 2 rings (SSSR count). The quantitative estimate of drug-likeness (QED) is 0.791. The molecule has 0 atom stereocenters. The summed E-state index contributed by atoms with van der Waals surface area (Å²) in [4.78, 5) is 2.38. The molecule has 0 aliphatic carbocycles. The minimum atomic E-state index is 0.702. The van der Waals surface area contributed by atoms with Crippen molar-refractivity contribution in [2.24, 2.45) is 5.92 Å². The summed E-state index contributed by atoms with van der Waals surface area (Å²) in [6, 6.07) is 17.1. The van der Waals surface area contributed by atoms with Gasteiger partial charge in [-0.25, -0.2) is 0 Å². The molecule has 0 spiro atoms. The lowest BCUT2D eigenvalue weighted by molar-refractivity contribution is 0.647. The average Bonchev–Trinajstić information content (AvgIpc) is 2.47. The predicted molar refractivity (Wildman–Crippen MR) is 92.6 cm³/mol. The maximum Gasteiger partial charge on any atom is 0.0429 e. The van der Waals surface area contributed by atoms with Crippen LogP contribution in [-0.2, 0) is 13.0 Å². The number of rotatable bonds is 6. The van der Waals surface area contributed by atoms with E-state index in [4.69, 9.17) is 5.73 Å². The number of anilines is 2. The summed E-state index contributed by atoms with van der Waals surface area (Å²) in [5.41, 5.74) is 10.5. The molecule has 2 nitrogen and oxygen atoms in total. The molecule has 112 valence electrons. The number of nitrogens with two attached hydrogens (primary N) is 1. The lowest BCUT2D eigenvalue weighted by Crippen LogP contribution is -2.21. The molecule has 2 aromatic carbocycles. The summed E-state index contributed by atoms with van der Waals surface area (Å²) in [6.07, 6.45) is 1.14. The summed E-state index contributed by atoms with van der Waals surface area (Å²) < 4.78 is 0. The molecule has 0 aliphatic rings. The number of hydrogen-bond acceptors (Lipinski definition) is 2. The zero-order valence-corrected chi connectivity index (χ0v) is 13.3. The molecule has 2 N–H and O–H groups in total. The second-order valence-electron chi connectivity index (χ2n) is 6.02. The van der Waals surface area contributed by atoms with Crippen LogP contribution < -0.4 is 10.6 Å². The van der Waals surface area contributed by atoms with Gasteiger partial charge in [0, 0.05) is 24.5 Å². The van der Waals surface area contributed by atoms with Crippen molar-refractivity contribution in [2.75, 3.05) is 17.2 Å². The fraction of sp³-hybridized carbons (Fsp3) is 0.368. The van der Waals surface area contributed by atoms with E-state index in [1.54, 1.807) is 0 Å². The van der Waals surface area contributed by atoms with Crippen molar-refractivity contribution in [2.45, 2.75) is 33.7 Å². The first kappa shape index (κ1) is 15.4. The summed E-state index contributed by atoms with van der Waals surface area (Å²) in [5, 5.41) is 0. The first-order valence-electron chi connectivity index (χ1n) is 7.76. The predicted octanol–water partition coefficient (Wildman–Crippen LogP) is 4.49. The molecule has 21 heavy (non-hydrogen) atoms. The summed E-state index contributed by atoms with van der Waals surface area (Å²) in [5.74, 6) is 0.702. The Morgan fingerprint density at radius 3 is 2.00 bits per heavy atom. The van der Waals surface area contributed by atoms with Crippen LogP contribution in [0.1, 0.15) is 31.9 Å². The van der Waals surface area contributed by atoms with Crippen LogP contribution in [0.3, 0.4) is 0 Å². The standard InChI is InChI=1S/C19H26N2/c1-4-21(14-17-5-9-18(20)10-6-17)19-11-7-16(8-12-19)13-15(2)3/h5-12,15H,4,13-14,20H2,1-3H3. The zero-order chi connectivity index (χ0) is 15.2. The largest absolute Gasteiger partial charge is 0.399 e. The van der Waals surface area contributed by atoms with Crippen molar-refractivity contribution in [3.8, 4) is 0 Å². The Hall–Kier alpha value is -1.96. The molecule has 0 bridgehead atoms. The van der Waals surface area contributed by atoms with Crippen LogP contribution in [-0.4, -0.2) is 6.54 Å². The van der Waals surface area contributed by atoms with Crippen molar-refractivity contribution in [1.82, 2.24) is 0 Å². The van der Waals surface area contributed by atoms with Gasteiger partial charge in [-0.3, -0.25) is 0 Å². The minimum Gasteiger partial charge on any atom is -0.399 e. The van der Waals surface area contributed by atoms with E-state index in [0.717, 1.165) is 25.2 Å². The van der Waals surface area contributed by atoms with Crippen LogP contribution in [0.2, 0.25) is 0 Å². The van der Waals surface area contributed by atoms with E-state index < -0.39 is 0 Å². The first-order chi connectivity index (χ1) is 10.1. The van der Waals surface area contributed by atoms with Crippen LogP contribution in [0, 0.1) is 5.92 Å². The third-order valence-corrected chi connectivity index (χ3v) is 3.68. The summed E-state index contributed by atoms with van der Waals surface area (Å²) >= 11 is 0. The minimum absolute atomic E-state index is 0.702. The molecule has 0 amide bonds. The van der Waals surface area contributed by atoms with Crippen molar-refractivity contribution in [3.05, 3.63) is 59.7 Å². The second-order valence-corrected chi connectivity index (χ2v) is 6.02. The molecule has 0 fully saturated rings. The fourth-order valence-corrected chi connectivity index (χ4v) is 2.54. The van der Waals surface area contributed by atoms with Gasteiger partial charge in [-0.15, -0.1) is 0 Å². The normalized spacial score (nSPS) is 10.9. The van der Waals surface area contributed by atoms with Crippen molar-refractivity contribution >= 4 is 11.4 Å². The second kappa shape index (κ2) is 7.16. The van der Waals surface area contributed by atoms with E-state index in [2.05, 4.69) is 62.1 Å². The van der Waals surface area contributed by atoms with Gasteiger partial charge in [0.15, 0.2) is 0 Å². The van der Waals surface area contributed by atoms with E-state index in [0.29, 0.717) is 5.92 Å². The number of nitrogen functional groups attached to an aromatic ring is 1. The van der Waals surface area contributed by atoms with Crippen LogP contribution in [0.4, 0.5) is 11.4 Å². The third kappa shape index (κ3) is 4.52. The number of hydrogen-bond donors (Lipinski definition) is 1. The summed E-state index contributed by atoms with van der Waals surface area (Å²) in [6.45, 7) is 8.62. The van der Waals surface area contributed by atoms with E-state index in [-0.39, 0.29) is 0 Å². The van der Waals surface area contributed by atoms with Crippen LogP contribution >= 0.6 is 0 Å². The zero-order valence-electron chi connectivity index (χ0n) is 13.3. The molecule has 0 radical (unpaired) electrons. The fourth-order valence-electron chi connectivity index (χ4n) is 2.54. The van der Waals surface area contributed by atoms with E-state index >= 15 is 0 Å². The monoisotopic (exact) mass is 282 g/mol. The Morgan fingerprint density at radius 2 is 1.48 bits per heavy atom. The van der Waals surface area contributed by atoms with Crippen LogP contribution in [0.25, 0.3) is 0 Å². The van der Waals surface area contributed by atoms with Gasteiger partial charge < -0.3 is 10.6 Å². The highest BCUT2D eigenvalue weighted by molar-refractivity contribution is 5.49. The van der Waals surface area contributed by atoms with Gasteiger partial charge in [-0.1, -0.05) is 38.1 Å². The topological polar surface area (TPSA) is 29.3 Å². The first-order valence-corrected chi connectivity index (χ1v) is 7.76. The molecule has 2 aromatic rings. The maximum absolute atomic E-state index is 5.74. The third-order valence-electron chi connectivity index (χ3n) is 3.68. The highest BCUT2D eigenvalue weighted by Gasteiger charge is 2.06. The molecular formula is C19H26N2. The molecule has 0 heterocycles. The lowest BCUT2D eigenvalue weighted by Gasteiger charge is -2.23. The Morgan fingerprint density at radius 1 is 0.905 bits per heavy atom. The average molecular weight is 282 g/mol. The van der Waals surface area contributed by atoms with Gasteiger partial charge in [0.2, 0.25) is 0 Å². The summed E-state index contributed by atoms with van der Waals surface area (Å²) in [7, 11) is 0. The number of nitrogens with zero attached hydrogens (tertiary/aromatic N) is 1. The Kier molecular flexibility index (Phi) is 5.26. The van der Waals surface area contributed by atoms with E-state index in [1.165, 1.54) is 16.8 Å². The van der Waals surface area contributed by atoms with Gasteiger partial charge in [0.25, 0.3) is 0 Å². The lowest BCUT2D eigenvalue weighted by atomic mass is 10.0. The van der Waals surface area contributed by atoms with Gasteiger partial charge in [-0.05, 0) is 54.7 Å².